The first-order chi connectivity index (χ1) is 16.4. The predicted octanol–water partition coefficient (Wildman–Crippen LogP) is 4.08. The summed E-state index contributed by atoms with van der Waals surface area (Å²) in [5, 5.41) is 5.35. The van der Waals surface area contributed by atoms with Crippen molar-refractivity contribution in [1.82, 2.24) is 19.6 Å². The van der Waals surface area contributed by atoms with E-state index in [0.29, 0.717) is 39.3 Å². The van der Waals surface area contributed by atoms with Gasteiger partial charge >= 0.3 is 0 Å². The molecule has 4 rings (SSSR count). The smallest absolute Gasteiger partial charge is 0.223 e. The summed E-state index contributed by atoms with van der Waals surface area (Å²) in [5.41, 5.74) is 3.09. The van der Waals surface area contributed by atoms with Gasteiger partial charge in [-0.15, -0.1) is 0 Å². The molecule has 7 nitrogen and oxygen atoms in total. The standard InChI is InChI=1S/C26H37ClN4O3/c1-4-31-17-22(21(3)28-31)16-29-9-5-8-26(18-29,15-25(32)30-10-12-33-13-11-30)19-34-23-6-7-24(27)20(2)14-23/h6-7,14,17H,4-5,8-13,15-16,18-19H2,1-3H3. The lowest BCUT2D eigenvalue weighted by Gasteiger charge is -2.43. The number of amides is 1. The van der Waals surface area contributed by atoms with E-state index < -0.39 is 0 Å². The molecule has 2 aliphatic rings. The van der Waals surface area contributed by atoms with E-state index in [1.807, 2.05) is 34.7 Å². The second kappa shape index (κ2) is 11.1. The van der Waals surface area contributed by atoms with E-state index in [0.717, 1.165) is 61.1 Å². The highest BCUT2D eigenvalue weighted by Gasteiger charge is 2.40. The molecule has 0 radical (unpaired) electrons. The Hall–Kier alpha value is -2.09. The molecule has 1 aromatic heterocycles. The van der Waals surface area contributed by atoms with E-state index in [-0.39, 0.29) is 11.3 Å². The number of hydrogen-bond donors (Lipinski definition) is 0. The lowest BCUT2D eigenvalue weighted by atomic mass is 9.77. The summed E-state index contributed by atoms with van der Waals surface area (Å²) in [6, 6.07) is 5.76. The second-order valence-electron chi connectivity index (χ2n) is 9.78. The fraction of sp³-hybridized carbons (Fsp3) is 0.615. The van der Waals surface area contributed by atoms with Crippen LogP contribution in [0.5, 0.6) is 5.75 Å². The van der Waals surface area contributed by atoms with Crippen LogP contribution < -0.4 is 4.74 Å². The molecular formula is C26H37ClN4O3. The molecule has 2 aromatic rings. The van der Waals surface area contributed by atoms with Gasteiger partial charge in [-0.25, -0.2) is 0 Å². The van der Waals surface area contributed by atoms with Crippen molar-refractivity contribution >= 4 is 17.5 Å². The third-order valence-corrected chi connectivity index (χ3v) is 7.49. The topological polar surface area (TPSA) is 59.8 Å². The molecule has 0 N–H and O–H groups in total. The Morgan fingerprint density at radius 3 is 2.74 bits per heavy atom. The number of nitrogens with zero attached hydrogens (tertiary/aromatic N) is 4. The first-order valence-electron chi connectivity index (χ1n) is 12.4. The van der Waals surface area contributed by atoms with Gasteiger partial charge in [-0.1, -0.05) is 11.6 Å². The van der Waals surface area contributed by atoms with Crippen LogP contribution in [0.2, 0.25) is 5.02 Å². The van der Waals surface area contributed by atoms with Gasteiger partial charge in [-0.05, 0) is 63.9 Å². The first kappa shape index (κ1) is 25.0. The molecule has 186 valence electrons. The van der Waals surface area contributed by atoms with E-state index in [1.165, 1.54) is 5.56 Å². The summed E-state index contributed by atoms with van der Waals surface area (Å²) in [5.74, 6) is 1.01. The first-order valence-corrected chi connectivity index (χ1v) is 12.7. The molecular weight excluding hydrogens is 452 g/mol. The summed E-state index contributed by atoms with van der Waals surface area (Å²) in [6.07, 6.45) is 4.65. The summed E-state index contributed by atoms with van der Waals surface area (Å²) in [4.78, 5) is 17.7. The minimum atomic E-state index is -0.240. The van der Waals surface area contributed by atoms with Gasteiger partial charge in [-0.3, -0.25) is 14.4 Å². The predicted molar refractivity (Wildman–Crippen MR) is 133 cm³/mol. The van der Waals surface area contributed by atoms with Gasteiger partial charge in [0.1, 0.15) is 5.75 Å². The van der Waals surface area contributed by atoms with Crippen molar-refractivity contribution in [2.75, 3.05) is 46.0 Å². The lowest BCUT2D eigenvalue weighted by molar-refractivity contribution is -0.139. The molecule has 2 saturated heterocycles. The largest absolute Gasteiger partial charge is 0.493 e. The Morgan fingerprint density at radius 2 is 2.03 bits per heavy atom. The van der Waals surface area contributed by atoms with Gasteiger partial charge in [0.2, 0.25) is 5.91 Å². The Kier molecular flexibility index (Phi) is 8.17. The molecule has 1 amide bonds. The molecule has 0 spiro atoms. The maximum absolute atomic E-state index is 13.3. The molecule has 0 aliphatic carbocycles. The number of hydrogen-bond acceptors (Lipinski definition) is 5. The number of benzene rings is 1. The van der Waals surface area contributed by atoms with Crippen LogP contribution in [0.1, 0.15) is 43.0 Å². The van der Waals surface area contributed by atoms with Gasteiger partial charge in [0.15, 0.2) is 0 Å². The number of ether oxygens (including phenoxy) is 2. The highest BCUT2D eigenvalue weighted by atomic mass is 35.5. The number of morpholine rings is 1. The molecule has 8 heteroatoms. The number of aromatic nitrogens is 2. The molecule has 34 heavy (non-hydrogen) atoms. The van der Waals surface area contributed by atoms with E-state index in [1.54, 1.807) is 0 Å². The molecule has 2 aliphatic heterocycles. The third-order valence-electron chi connectivity index (χ3n) is 7.07. The third kappa shape index (κ3) is 6.12. The van der Waals surface area contributed by atoms with E-state index in [2.05, 4.69) is 30.0 Å². The van der Waals surface area contributed by atoms with Gasteiger partial charge in [0.05, 0.1) is 25.5 Å². The maximum atomic E-state index is 13.3. The number of rotatable bonds is 8. The molecule has 2 fully saturated rings. The summed E-state index contributed by atoms with van der Waals surface area (Å²) in [6.45, 7) is 12.8. The number of carbonyl (C=O) groups excluding carboxylic acids is 1. The van der Waals surface area contributed by atoms with Gasteiger partial charge in [0, 0.05) is 61.3 Å². The summed E-state index contributed by atoms with van der Waals surface area (Å²) >= 11 is 6.20. The number of halogens is 1. The van der Waals surface area contributed by atoms with Crippen molar-refractivity contribution < 1.29 is 14.3 Å². The van der Waals surface area contributed by atoms with Crippen LogP contribution in [0.25, 0.3) is 0 Å². The van der Waals surface area contributed by atoms with Crippen molar-refractivity contribution in [3.05, 3.63) is 46.2 Å². The Morgan fingerprint density at radius 1 is 1.24 bits per heavy atom. The number of aryl methyl sites for hydroxylation is 3. The van der Waals surface area contributed by atoms with Crippen molar-refractivity contribution in [2.24, 2.45) is 5.41 Å². The van der Waals surface area contributed by atoms with Crippen molar-refractivity contribution in [3.63, 3.8) is 0 Å². The zero-order valence-corrected chi connectivity index (χ0v) is 21.4. The highest BCUT2D eigenvalue weighted by molar-refractivity contribution is 6.31. The quantitative estimate of drug-likeness (QED) is 0.560. The lowest BCUT2D eigenvalue weighted by Crippen LogP contribution is -2.50. The van der Waals surface area contributed by atoms with E-state index >= 15 is 0 Å². The molecule has 1 unspecified atom stereocenters. The maximum Gasteiger partial charge on any atom is 0.223 e. The van der Waals surface area contributed by atoms with Crippen LogP contribution in [0.15, 0.2) is 24.4 Å². The normalized spacial score (nSPS) is 21.6. The second-order valence-corrected chi connectivity index (χ2v) is 10.2. The van der Waals surface area contributed by atoms with Gasteiger partial charge < -0.3 is 14.4 Å². The van der Waals surface area contributed by atoms with E-state index in [4.69, 9.17) is 21.1 Å². The van der Waals surface area contributed by atoms with Crippen LogP contribution in [-0.4, -0.2) is 71.5 Å². The van der Waals surface area contributed by atoms with Crippen LogP contribution in [-0.2, 0) is 22.6 Å². The average Bonchev–Trinajstić information content (AvgIpc) is 3.20. The van der Waals surface area contributed by atoms with Crippen LogP contribution in [0, 0.1) is 19.3 Å². The van der Waals surface area contributed by atoms with Crippen molar-refractivity contribution in [1.29, 1.82) is 0 Å². The Bertz CT molecular complexity index is 988. The van der Waals surface area contributed by atoms with Crippen LogP contribution >= 0.6 is 11.6 Å². The molecule has 0 saturated carbocycles. The van der Waals surface area contributed by atoms with Crippen molar-refractivity contribution in [2.45, 2.75) is 53.1 Å². The van der Waals surface area contributed by atoms with Gasteiger partial charge in [0.25, 0.3) is 0 Å². The number of piperidine rings is 1. The SMILES string of the molecule is CCn1cc(CN2CCCC(COc3ccc(Cl)c(C)c3)(CC(=O)N3CCOCC3)C2)c(C)n1. The number of likely N-dealkylation sites (tertiary alicyclic amines) is 1. The summed E-state index contributed by atoms with van der Waals surface area (Å²) < 4.78 is 13.8. The molecule has 1 aromatic carbocycles. The zero-order valence-electron chi connectivity index (χ0n) is 20.7. The number of carbonyl (C=O) groups is 1. The van der Waals surface area contributed by atoms with Crippen molar-refractivity contribution in [3.8, 4) is 5.75 Å². The average molecular weight is 489 g/mol. The monoisotopic (exact) mass is 488 g/mol. The molecule has 1 atom stereocenters. The summed E-state index contributed by atoms with van der Waals surface area (Å²) in [7, 11) is 0. The molecule has 3 heterocycles. The Labute approximate surface area is 207 Å². The van der Waals surface area contributed by atoms with Crippen LogP contribution in [0.3, 0.4) is 0 Å². The highest BCUT2D eigenvalue weighted by Crippen LogP contribution is 2.36. The fourth-order valence-electron chi connectivity index (χ4n) is 5.06. The molecule has 0 bridgehead atoms. The fourth-order valence-corrected chi connectivity index (χ4v) is 5.18. The van der Waals surface area contributed by atoms with E-state index in [9.17, 15) is 4.79 Å². The van der Waals surface area contributed by atoms with Crippen LogP contribution in [0.4, 0.5) is 0 Å². The minimum absolute atomic E-state index is 0.205. The van der Waals surface area contributed by atoms with Gasteiger partial charge in [-0.2, -0.15) is 5.10 Å². The minimum Gasteiger partial charge on any atom is -0.493 e. The zero-order chi connectivity index (χ0) is 24.1. The Balaban J connectivity index is 1.50.